The van der Waals surface area contributed by atoms with E-state index < -0.39 is 0 Å². The van der Waals surface area contributed by atoms with Crippen molar-refractivity contribution in [2.45, 2.75) is 45.6 Å². The maximum absolute atomic E-state index is 11.4. The zero-order chi connectivity index (χ0) is 12.5. The van der Waals surface area contributed by atoms with Crippen LogP contribution in [0, 0.1) is 5.92 Å². The minimum atomic E-state index is 0.0954. The lowest BCUT2D eigenvalue weighted by molar-refractivity contribution is -0.120. The Hall–Kier alpha value is -0.610. The van der Waals surface area contributed by atoms with Gasteiger partial charge in [-0.1, -0.05) is 13.8 Å². The van der Waals surface area contributed by atoms with E-state index in [1.54, 1.807) is 0 Å². The van der Waals surface area contributed by atoms with E-state index in [2.05, 4.69) is 24.5 Å². The van der Waals surface area contributed by atoms with E-state index in [9.17, 15) is 4.79 Å². The summed E-state index contributed by atoms with van der Waals surface area (Å²) < 4.78 is 5.51. The van der Waals surface area contributed by atoms with Gasteiger partial charge in [0.15, 0.2) is 0 Å². The monoisotopic (exact) mass is 242 g/mol. The van der Waals surface area contributed by atoms with Crippen LogP contribution in [0.1, 0.15) is 39.5 Å². The Morgan fingerprint density at radius 1 is 1.41 bits per heavy atom. The predicted molar refractivity (Wildman–Crippen MR) is 68.9 cm³/mol. The summed E-state index contributed by atoms with van der Waals surface area (Å²) >= 11 is 0. The van der Waals surface area contributed by atoms with Gasteiger partial charge >= 0.3 is 0 Å². The molecular weight excluding hydrogens is 216 g/mol. The molecule has 0 bridgehead atoms. The third-order valence-corrected chi connectivity index (χ3v) is 3.00. The van der Waals surface area contributed by atoms with Crippen LogP contribution in [0.4, 0.5) is 0 Å². The quantitative estimate of drug-likeness (QED) is 0.631. The molecule has 100 valence electrons. The topological polar surface area (TPSA) is 50.4 Å². The Balaban J connectivity index is 1.89. The molecule has 0 aliphatic carbocycles. The minimum absolute atomic E-state index is 0.0954. The molecule has 0 aromatic carbocycles. The van der Waals surface area contributed by atoms with E-state index in [0.717, 1.165) is 32.5 Å². The van der Waals surface area contributed by atoms with Crippen molar-refractivity contribution in [1.29, 1.82) is 0 Å². The average molecular weight is 242 g/mol. The summed E-state index contributed by atoms with van der Waals surface area (Å²) in [6.07, 6.45) is 4.82. The molecule has 0 saturated carbocycles. The van der Waals surface area contributed by atoms with Gasteiger partial charge in [-0.25, -0.2) is 0 Å². The smallest absolute Gasteiger partial charge is 0.233 e. The lowest BCUT2D eigenvalue weighted by Gasteiger charge is -2.10. The predicted octanol–water partition coefficient (Wildman–Crippen LogP) is 1.31. The molecule has 1 aliphatic heterocycles. The number of ether oxygens (including phenoxy) is 1. The van der Waals surface area contributed by atoms with Crippen LogP contribution in [0.3, 0.4) is 0 Å². The van der Waals surface area contributed by atoms with E-state index >= 15 is 0 Å². The summed E-state index contributed by atoms with van der Waals surface area (Å²) in [6.45, 7) is 7.29. The summed E-state index contributed by atoms with van der Waals surface area (Å²) in [4.78, 5) is 11.4. The highest BCUT2D eigenvalue weighted by Gasteiger charge is 2.14. The number of carbonyl (C=O) groups excluding carboxylic acids is 1. The first-order valence-electron chi connectivity index (χ1n) is 6.77. The van der Waals surface area contributed by atoms with Crippen LogP contribution >= 0.6 is 0 Å². The molecule has 17 heavy (non-hydrogen) atoms. The Kier molecular flexibility index (Phi) is 7.21. The fourth-order valence-electron chi connectivity index (χ4n) is 1.90. The van der Waals surface area contributed by atoms with Crippen molar-refractivity contribution in [2.75, 3.05) is 26.2 Å². The lowest BCUT2D eigenvalue weighted by Crippen LogP contribution is -2.35. The second-order valence-electron chi connectivity index (χ2n) is 5.13. The standard InChI is InChI=1S/C13H26N2O2/c1-11(2)5-8-15-13(16)10-14-7-6-12-4-3-9-17-12/h11-12,14H,3-10H2,1-2H3,(H,15,16). The second-order valence-corrected chi connectivity index (χ2v) is 5.13. The molecule has 0 radical (unpaired) electrons. The van der Waals surface area contributed by atoms with E-state index in [0.29, 0.717) is 18.6 Å². The van der Waals surface area contributed by atoms with Gasteiger partial charge in [0.1, 0.15) is 0 Å². The maximum Gasteiger partial charge on any atom is 0.233 e. The maximum atomic E-state index is 11.4. The van der Waals surface area contributed by atoms with Crippen LogP contribution in [0.25, 0.3) is 0 Å². The molecule has 2 N–H and O–H groups in total. The molecule has 1 amide bonds. The Morgan fingerprint density at radius 3 is 2.88 bits per heavy atom. The van der Waals surface area contributed by atoms with E-state index in [1.807, 2.05) is 0 Å². The van der Waals surface area contributed by atoms with Gasteiger partial charge in [-0.3, -0.25) is 4.79 Å². The summed E-state index contributed by atoms with van der Waals surface area (Å²) in [6, 6.07) is 0. The minimum Gasteiger partial charge on any atom is -0.378 e. The zero-order valence-corrected chi connectivity index (χ0v) is 11.1. The van der Waals surface area contributed by atoms with Crippen LogP contribution in [0.15, 0.2) is 0 Å². The number of carbonyl (C=O) groups is 1. The largest absolute Gasteiger partial charge is 0.378 e. The van der Waals surface area contributed by atoms with Crippen LogP contribution in [-0.2, 0) is 9.53 Å². The van der Waals surface area contributed by atoms with Crippen molar-refractivity contribution >= 4 is 5.91 Å². The molecule has 1 fully saturated rings. The van der Waals surface area contributed by atoms with Crippen molar-refractivity contribution in [1.82, 2.24) is 10.6 Å². The SMILES string of the molecule is CC(C)CCNC(=O)CNCCC1CCCO1. The van der Waals surface area contributed by atoms with Gasteiger partial charge in [-0.05, 0) is 38.1 Å². The number of rotatable bonds is 8. The van der Waals surface area contributed by atoms with E-state index in [-0.39, 0.29) is 5.91 Å². The van der Waals surface area contributed by atoms with Gasteiger partial charge in [0.2, 0.25) is 5.91 Å². The van der Waals surface area contributed by atoms with Crippen molar-refractivity contribution in [3.63, 3.8) is 0 Å². The third kappa shape index (κ3) is 7.34. The summed E-state index contributed by atoms with van der Waals surface area (Å²) in [5, 5.41) is 6.07. The van der Waals surface area contributed by atoms with Crippen LogP contribution in [0.5, 0.6) is 0 Å². The molecule has 0 aromatic rings. The number of nitrogens with one attached hydrogen (secondary N) is 2. The van der Waals surface area contributed by atoms with Gasteiger partial charge in [0.05, 0.1) is 12.6 Å². The molecule has 1 rings (SSSR count). The normalized spacial score (nSPS) is 19.8. The molecule has 0 aromatic heterocycles. The molecule has 1 unspecified atom stereocenters. The molecule has 4 heteroatoms. The highest BCUT2D eigenvalue weighted by atomic mass is 16.5. The summed E-state index contributed by atoms with van der Waals surface area (Å²) in [5.41, 5.74) is 0. The molecular formula is C13H26N2O2. The number of hydrogen-bond acceptors (Lipinski definition) is 3. The van der Waals surface area contributed by atoms with Crippen molar-refractivity contribution in [3.05, 3.63) is 0 Å². The summed E-state index contributed by atoms with van der Waals surface area (Å²) in [5.74, 6) is 0.737. The van der Waals surface area contributed by atoms with Gasteiger partial charge < -0.3 is 15.4 Å². The Morgan fingerprint density at radius 2 is 2.24 bits per heavy atom. The fraction of sp³-hybridized carbons (Fsp3) is 0.923. The van der Waals surface area contributed by atoms with Crippen molar-refractivity contribution in [3.8, 4) is 0 Å². The molecule has 1 atom stereocenters. The van der Waals surface area contributed by atoms with Crippen LogP contribution < -0.4 is 10.6 Å². The number of hydrogen-bond donors (Lipinski definition) is 2. The van der Waals surface area contributed by atoms with Crippen molar-refractivity contribution in [2.24, 2.45) is 5.92 Å². The van der Waals surface area contributed by atoms with Gasteiger partial charge in [-0.15, -0.1) is 0 Å². The Bertz CT molecular complexity index is 213. The number of amides is 1. The highest BCUT2D eigenvalue weighted by Crippen LogP contribution is 2.14. The van der Waals surface area contributed by atoms with Crippen LogP contribution in [0.2, 0.25) is 0 Å². The van der Waals surface area contributed by atoms with Crippen LogP contribution in [-0.4, -0.2) is 38.3 Å². The van der Waals surface area contributed by atoms with E-state index in [4.69, 9.17) is 4.74 Å². The second kappa shape index (κ2) is 8.48. The first-order valence-corrected chi connectivity index (χ1v) is 6.77. The van der Waals surface area contributed by atoms with E-state index in [1.165, 1.54) is 12.8 Å². The Labute approximate surface area is 104 Å². The molecule has 1 heterocycles. The first-order chi connectivity index (χ1) is 8.18. The first kappa shape index (κ1) is 14.5. The molecule has 1 aliphatic rings. The fourth-order valence-corrected chi connectivity index (χ4v) is 1.90. The lowest BCUT2D eigenvalue weighted by atomic mass is 10.1. The third-order valence-electron chi connectivity index (χ3n) is 3.00. The zero-order valence-electron chi connectivity index (χ0n) is 11.1. The summed E-state index contributed by atoms with van der Waals surface area (Å²) in [7, 11) is 0. The highest BCUT2D eigenvalue weighted by molar-refractivity contribution is 5.77. The average Bonchev–Trinajstić information content (AvgIpc) is 2.76. The molecule has 1 saturated heterocycles. The van der Waals surface area contributed by atoms with Gasteiger partial charge in [0, 0.05) is 13.2 Å². The molecule has 4 nitrogen and oxygen atoms in total. The molecule has 0 spiro atoms. The van der Waals surface area contributed by atoms with Gasteiger partial charge in [0.25, 0.3) is 0 Å². The van der Waals surface area contributed by atoms with Crippen molar-refractivity contribution < 1.29 is 9.53 Å². The van der Waals surface area contributed by atoms with Gasteiger partial charge in [-0.2, -0.15) is 0 Å².